The summed E-state index contributed by atoms with van der Waals surface area (Å²) < 4.78 is 25.8. The van der Waals surface area contributed by atoms with Crippen molar-refractivity contribution >= 4 is 53.1 Å². The van der Waals surface area contributed by atoms with Crippen LogP contribution in [0.2, 0.25) is 0 Å². The van der Waals surface area contributed by atoms with Gasteiger partial charge in [0.05, 0.1) is 25.2 Å². The van der Waals surface area contributed by atoms with Crippen LogP contribution in [0, 0.1) is 0 Å². The van der Waals surface area contributed by atoms with Crippen LogP contribution in [0.15, 0.2) is 5.38 Å². The lowest BCUT2D eigenvalue weighted by Gasteiger charge is -2.14. The Bertz CT molecular complexity index is 545. The van der Waals surface area contributed by atoms with E-state index < -0.39 is 24.9 Å². The summed E-state index contributed by atoms with van der Waals surface area (Å²) in [5, 5.41) is 4.33. The molecule has 0 unspecified atom stereocenters. The maximum Gasteiger partial charge on any atom is 0.277 e. The predicted octanol–water partition coefficient (Wildman–Crippen LogP) is 1.37. The number of alkyl halides is 2. The van der Waals surface area contributed by atoms with Crippen LogP contribution in [0.4, 0.5) is 13.9 Å². The largest absolute Gasteiger partial charge is 0.350 e. The first-order valence-corrected chi connectivity index (χ1v) is 7.38. The lowest BCUT2D eigenvalue weighted by molar-refractivity contribution is -0.122. The van der Waals surface area contributed by atoms with Crippen LogP contribution in [0.3, 0.4) is 0 Å². The van der Waals surface area contributed by atoms with Crippen LogP contribution in [0.25, 0.3) is 0 Å². The topological polar surface area (TPSA) is 88.3 Å². The van der Waals surface area contributed by atoms with Crippen LogP contribution in [0.1, 0.15) is 18.5 Å². The summed E-state index contributed by atoms with van der Waals surface area (Å²) in [5.74, 6) is -3.64. The maximum atomic E-state index is 12.9. The lowest BCUT2D eigenvalue weighted by Crippen LogP contribution is -2.42. The number of anilines is 1. The van der Waals surface area contributed by atoms with Gasteiger partial charge in [-0.15, -0.1) is 36.2 Å². The summed E-state index contributed by atoms with van der Waals surface area (Å²) in [6.07, 6.45) is 1.20. The molecule has 1 fully saturated rings. The van der Waals surface area contributed by atoms with Crippen molar-refractivity contribution in [1.82, 2.24) is 10.3 Å². The number of nitrogens with one attached hydrogen (secondary N) is 1. The Morgan fingerprint density at radius 1 is 1.48 bits per heavy atom. The van der Waals surface area contributed by atoms with E-state index in [9.17, 15) is 18.4 Å². The van der Waals surface area contributed by atoms with Crippen LogP contribution in [-0.2, 0) is 16.0 Å². The average molecular weight is 391 g/mol. The number of halogens is 4. The molecule has 1 saturated heterocycles. The zero-order valence-corrected chi connectivity index (χ0v) is 14.5. The van der Waals surface area contributed by atoms with Crippen molar-refractivity contribution in [2.75, 3.05) is 24.5 Å². The van der Waals surface area contributed by atoms with Gasteiger partial charge in [-0.1, -0.05) is 0 Å². The van der Waals surface area contributed by atoms with Crippen molar-refractivity contribution in [3.63, 3.8) is 0 Å². The molecule has 0 atom stereocenters. The quantitative estimate of drug-likeness (QED) is 0.767. The van der Waals surface area contributed by atoms with Gasteiger partial charge in [0.15, 0.2) is 5.13 Å². The number of amides is 2. The highest BCUT2D eigenvalue weighted by atomic mass is 35.5. The van der Waals surface area contributed by atoms with Crippen molar-refractivity contribution in [2.24, 2.45) is 5.73 Å². The minimum atomic E-state index is -3.11. The molecule has 23 heavy (non-hydrogen) atoms. The molecule has 1 aromatic rings. The van der Waals surface area contributed by atoms with Crippen LogP contribution >= 0.6 is 36.2 Å². The van der Waals surface area contributed by atoms with E-state index in [1.807, 2.05) is 0 Å². The van der Waals surface area contributed by atoms with Crippen LogP contribution < -0.4 is 16.0 Å². The molecule has 0 aromatic carbocycles. The number of rotatable bonds is 6. The predicted molar refractivity (Wildman–Crippen MR) is 88.9 cm³/mol. The van der Waals surface area contributed by atoms with Gasteiger partial charge in [-0.3, -0.25) is 14.5 Å². The zero-order valence-electron chi connectivity index (χ0n) is 12.1. The fraction of sp³-hybridized carbons (Fsp3) is 0.583. The van der Waals surface area contributed by atoms with Crippen molar-refractivity contribution in [3.8, 4) is 0 Å². The highest BCUT2D eigenvalue weighted by molar-refractivity contribution is 7.14. The number of hydrogen-bond acceptors (Lipinski definition) is 5. The van der Waals surface area contributed by atoms with Gasteiger partial charge in [0.1, 0.15) is 0 Å². The highest BCUT2D eigenvalue weighted by Gasteiger charge is 2.27. The molecule has 11 heteroatoms. The molecule has 2 heterocycles. The van der Waals surface area contributed by atoms with Gasteiger partial charge in [-0.25, -0.2) is 13.8 Å². The van der Waals surface area contributed by atoms with Gasteiger partial charge in [0, 0.05) is 18.3 Å². The first-order chi connectivity index (χ1) is 9.91. The number of hydrogen-bond donors (Lipinski definition) is 2. The monoisotopic (exact) mass is 390 g/mol. The SMILES string of the molecule is Cl.Cl.NCC(F)(F)CNC(=O)Cc1csc(N2CCCC2=O)n1. The van der Waals surface area contributed by atoms with E-state index >= 15 is 0 Å². The van der Waals surface area contributed by atoms with E-state index in [1.165, 1.54) is 11.3 Å². The highest BCUT2D eigenvalue weighted by Crippen LogP contribution is 2.25. The number of carbonyl (C=O) groups excluding carboxylic acids is 2. The summed E-state index contributed by atoms with van der Waals surface area (Å²) in [5.41, 5.74) is 5.34. The van der Waals surface area contributed by atoms with Crippen LogP contribution in [-0.4, -0.2) is 42.4 Å². The number of carbonyl (C=O) groups is 2. The molecule has 0 saturated carbocycles. The molecule has 2 amide bonds. The molecule has 6 nitrogen and oxygen atoms in total. The van der Waals surface area contributed by atoms with Gasteiger partial charge >= 0.3 is 0 Å². The first-order valence-electron chi connectivity index (χ1n) is 6.50. The molecule has 3 N–H and O–H groups in total. The summed E-state index contributed by atoms with van der Waals surface area (Å²) in [6.45, 7) is -0.976. The van der Waals surface area contributed by atoms with Gasteiger partial charge in [-0.2, -0.15) is 0 Å². The second kappa shape index (κ2) is 9.31. The second-order valence-corrected chi connectivity index (χ2v) is 5.62. The van der Waals surface area contributed by atoms with E-state index in [-0.39, 0.29) is 37.1 Å². The summed E-state index contributed by atoms with van der Waals surface area (Å²) in [4.78, 5) is 28.9. The number of nitrogens with zero attached hydrogens (tertiary/aromatic N) is 2. The molecule has 0 aliphatic carbocycles. The molecule has 2 rings (SSSR count). The molecule has 132 valence electrons. The lowest BCUT2D eigenvalue weighted by atomic mass is 10.3. The standard InChI is InChI=1S/C12H16F2N4O2S.2ClH/c13-12(14,6-15)7-16-9(19)4-8-5-21-11(17-8)18-3-1-2-10(18)20;;/h5H,1-4,6-7,15H2,(H,16,19);2*1H. The molecule has 0 spiro atoms. The molecule has 0 bridgehead atoms. The van der Waals surface area contributed by atoms with E-state index in [1.54, 1.807) is 10.3 Å². The van der Waals surface area contributed by atoms with E-state index in [0.717, 1.165) is 6.42 Å². The van der Waals surface area contributed by atoms with Crippen molar-refractivity contribution < 1.29 is 18.4 Å². The minimum absolute atomic E-state index is 0. The van der Waals surface area contributed by atoms with Gasteiger partial charge in [0.25, 0.3) is 5.92 Å². The summed E-state index contributed by atoms with van der Waals surface area (Å²) in [7, 11) is 0. The average Bonchev–Trinajstić information content (AvgIpc) is 3.05. The van der Waals surface area contributed by atoms with Gasteiger partial charge in [-0.05, 0) is 6.42 Å². The second-order valence-electron chi connectivity index (χ2n) is 4.78. The number of nitrogens with two attached hydrogens (primary N) is 1. The smallest absolute Gasteiger partial charge is 0.277 e. The fourth-order valence-electron chi connectivity index (χ4n) is 1.88. The number of thiazole rings is 1. The van der Waals surface area contributed by atoms with Gasteiger partial charge in [0.2, 0.25) is 11.8 Å². The van der Waals surface area contributed by atoms with Crippen molar-refractivity contribution in [2.45, 2.75) is 25.2 Å². The third-order valence-electron chi connectivity index (χ3n) is 3.03. The maximum absolute atomic E-state index is 12.9. The molecule has 1 aliphatic heterocycles. The summed E-state index contributed by atoms with van der Waals surface area (Å²) >= 11 is 1.27. The van der Waals surface area contributed by atoms with E-state index in [0.29, 0.717) is 23.8 Å². The normalized spacial score (nSPS) is 14.2. The Labute approximate surface area is 148 Å². The Balaban J connectivity index is 0.00000242. The fourth-order valence-corrected chi connectivity index (χ4v) is 2.75. The Kier molecular flexibility index (Phi) is 8.89. The third kappa shape index (κ3) is 6.17. The minimum Gasteiger partial charge on any atom is -0.350 e. The van der Waals surface area contributed by atoms with E-state index in [2.05, 4.69) is 10.3 Å². The molecular weight excluding hydrogens is 373 g/mol. The molecule has 0 radical (unpaired) electrons. The molecular formula is C12H18Cl2F2N4O2S. The van der Waals surface area contributed by atoms with Crippen molar-refractivity contribution in [3.05, 3.63) is 11.1 Å². The van der Waals surface area contributed by atoms with Crippen LogP contribution in [0.5, 0.6) is 0 Å². The Morgan fingerprint density at radius 2 is 2.17 bits per heavy atom. The first kappa shape index (κ1) is 22.0. The number of aromatic nitrogens is 1. The summed E-state index contributed by atoms with van der Waals surface area (Å²) in [6, 6.07) is 0. The van der Waals surface area contributed by atoms with Gasteiger partial charge < -0.3 is 11.1 Å². The van der Waals surface area contributed by atoms with Crippen molar-refractivity contribution in [1.29, 1.82) is 0 Å². The molecule has 1 aliphatic rings. The zero-order chi connectivity index (χ0) is 15.5. The molecule has 1 aromatic heterocycles. The Hall–Kier alpha value is -1.03. The Morgan fingerprint density at radius 3 is 2.74 bits per heavy atom. The van der Waals surface area contributed by atoms with E-state index in [4.69, 9.17) is 5.73 Å². The third-order valence-corrected chi connectivity index (χ3v) is 3.94.